The van der Waals surface area contributed by atoms with Gasteiger partial charge in [0, 0.05) is 50.3 Å². The number of carbonyl (C=O) groups excluding carboxylic acids is 2. The van der Waals surface area contributed by atoms with Crippen LogP contribution >= 0.6 is 0 Å². The molecule has 2 heterocycles. The van der Waals surface area contributed by atoms with Crippen molar-refractivity contribution >= 4 is 12.0 Å². The highest BCUT2D eigenvalue weighted by atomic mass is 16.6. The van der Waals surface area contributed by atoms with Crippen LogP contribution in [-0.2, 0) is 9.53 Å². The molecule has 6 heteroatoms. The van der Waals surface area contributed by atoms with Gasteiger partial charge in [0.1, 0.15) is 5.60 Å². The summed E-state index contributed by atoms with van der Waals surface area (Å²) in [5, 5.41) is 2.81. The van der Waals surface area contributed by atoms with Gasteiger partial charge >= 0.3 is 6.09 Å². The second kappa shape index (κ2) is 14.6. The van der Waals surface area contributed by atoms with Crippen LogP contribution in [0.15, 0.2) is 36.5 Å². The van der Waals surface area contributed by atoms with Crippen molar-refractivity contribution in [3.63, 3.8) is 0 Å². The maximum Gasteiger partial charge on any atom is 0.410 e. The maximum atomic E-state index is 12.0. The quantitative estimate of drug-likeness (QED) is 0.492. The molecule has 37 heavy (non-hydrogen) atoms. The zero-order valence-electron chi connectivity index (χ0n) is 24.4. The SMILES string of the molecule is C=C1NC(=O)CCC1c1ccc(C)cc1.CC.CCC1CCC(N2CCN(C(=O)OC(C)(C)C)CC2)C1. The Hall–Kier alpha value is -2.34. The first kappa shape index (κ1) is 30.9. The summed E-state index contributed by atoms with van der Waals surface area (Å²) in [7, 11) is 0. The van der Waals surface area contributed by atoms with Crippen LogP contribution in [0.3, 0.4) is 0 Å². The van der Waals surface area contributed by atoms with E-state index in [0.717, 1.165) is 50.3 Å². The largest absolute Gasteiger partial charge is 0.444 e. The molecule has 1 aliphatic carbocycles. The van der Waals surface area contributed by atoms with E-state index in [1.54, 1.807) is 0 Å². The van der Waals surface area contributed by atoms with Crippen molar-refractivity contribution in [3.05, 3.63) is 47.7 Å². The lowest BCUT2D eigenvalue weighted by molar-refractivity contribution is -0.121. The minimum absolute atomic E-state index is 0.0864. The van der Waals surface area contributed by atoms with E-state index < -0.39 is 5.60 Å². The van der Waals surface area contributed by atoms with Crippen LogP contribution in [0.4, 0.5) is 4.79 Å². The molecule has 3 fully saturated rings. The van der Waals surface area contributed by atoms with Crippen molar-refractivity contribution in [1.82, 2.24) is 15.1 Å². The zero-order valence-corrected chi connectivity index (χ0v) is 24.4. The van der Waals surface area contributed by atoms with Crippen LogP contribution in [0.25, 0.3) is 0 Å². The number of benzene rings is 1. The van der Waals surface area contributed by atoms with E-state index in [9.17, 15) is 9.59 Å². The van der Waals surface area contributed by atoms with Crippen molar-refractivity contribution in [1.29, 1.82) is 0 Å². The molecule has 2 saturated heterocycles. The van der Waals surface area contributed by atoms with Gasteiger partial charge in [-0.2, -0.15) is 0 Å². The Morgan fingerprint density at radius 3 is 2.19 bits per heavy atom. The highest BCUT2D eigenvalue weighted by Crippen LogP contribution is 2.32. The number of rotatable bonds is 3. The highest BCUT2D eigenvalue weighted by molar-refractivity contribution is 5.79. The van der Waals surface area contributed by atoms with Gasteiger partial charge in [0.2, 0.25) is 5.91 Å². The van der Waals surface area contributed by atoms with E-state index in [0.29, 0.717) is 6.42 Å². The van der Waals surface area contributed by atoms with Crippen LogP contribution in [-0.4, -0.2) is 59.6 Å². The molecule has 0 spiro atoms. The fourth-order valence-corrected chi connectivity index (χ4v) is 5.29. The number of ether oxygens (including phenoxy) is 1. The van der Waals surface area contributed by atoms with E-state index in [-0.39, 0.29) is 17.9 Å². The fourth-order valence-electron chi connectivity index (χ4n) is 5.29. The number of nitrogens with zero attached hydrogens (tertiary/aromatic N) is 2. The standard InChI is InChI=1S/C16H30N2O2.C13H15NO.C2H6/c1-5-13-6-7-14(12-13)17-8-10-18(11-9-17)15(19)20-16(2,3)4;1-9-3-5-11(6-4-9)12-7-8-13(15)14-10(12)2;1-2/h13-14H,5-12H2,1-4H3;3-6,12H,2,7-8H2,1H3,(H,14,15);1-2H3. The van der Waals surface area contributed by atoms with Gasteiger partial charge in [-0.05, 0) is 64.9 Å². The Labute approximate surface area is 225 Å². The first-order chi connectivity index (χ1) is 17.6. The third-order valence-corrected chi connectivity index (χ3v) is 7.43. The van der Waals surface area contributed by atoms with Crippen LogP contribution < -0.4 is 5.32 Å². The molecule has 6 nitrogen and oxygen atoms in total. The van der Waals surface area contributed by atoms with E-state index in [1.807, 2.05) is 39.5 Å². The number of piperidine rings is 1. The third kappa shape index (κ3) is 9.81. The number of piperazine rings is 1. The monoisotopic (exact) mass is 513 g/mol. The molecule has 0 radical (unpaired) electrons. The van der Waals surface area contributed by atoms with Gasteiger partial charge < -0.3 is 15.0 Å². The van der Waals surface area contributed by atoms with Crippen molar-refractivity contribution in [2.45, 2.75) is 105 Å². The third-order valence-electron chi connectivity index (χ3n) is 7.43. The number of carbonyl (C=O) groups is 2. The zero-order chi connectivity index (χ0) is 27.6. The molecular weight excluding hydrogens is 462 g/mol. The number of amides is 2. The summed E-state index contributed by atoms with van der Waals surface area (Å²) in [6, 6.07) is 9.17. The Balaban J connectivity index is 0.000000252. The Morgan fingerprint density at radius 1 is 1.05 bits per heavy atom. The minimum Gasteiger partial charge on any atom is -0.444 e. The number of nitrogens with one attached hydrogen (secondary N) is 1. The van der Waals surface area contributed by atoms with E-state index in [1.165, 1.54) is 36.8 Å². The Kier molecular flexibility index (Phi) is 12.2. The van der Waals surface area contributed by atoms with Gasteiger partial charge in [0.15, 0.2) is 0 Å². The summed E-state index contributed by atoms with van der Waals surface area (Å²) in [6.45, 7) is 21.7. The van der Waals surface area contributed by atoms with Crippen LogP contribution in [0.5, 0.6) is 0 Å². The molecule has 4 rings (SSSR count). The van der Waals surface area contributed by atoms with Crippen LogP contribution in [0.2, 0.25) is 0 Å². The number of allylic oxidation sites excluding steroid dienone is 1. The van der Waals surface area contributed by atoms with Gasteiger partial charge in [-0.15, -0.1) is 0 Å². The Bertz CT molecular complexity index is 867. The van der Waals surface area contributed by atoms with Gasteiger partial charge in [-0.3, -0.25) is 9.69 Å². The van der Waals surface area contributed by atoms with Gasteiger partial charge in [0.25, 0.3) is 0 Å². The molecule has 0 bridgehead atoms. The van der Waals surface area contributed by atoms with Crippen molar-refractivity contribution in [2.75, 3.05) is 26.2 Å². The van der Waals surface area contributed by atoms with Gasteiger partial charge in [-0.25, -0.2) is 4.79 Å². The van der Waals surface area contributed by atoms with E-state index in [4.69, 9.17) is 4.74 Å². The number of hydrogen-bond acceptors (Lipinski definition) is 4. The predicted octanol–water partition coefficient (Wildman–Crippen LogP) is 6.65. The van der Waals surface area contributed by atoms with Gasteiger partial charge in [-0.1, -0.05) is 63.6 Å². The van der Waals surface area contributed by atoms with Crippen molar-refractivity contribution in [2.24, 2.45) is 5.92 Å². The normalized spacial score (nSPS) is 24.3. The fraction of sp³-hybridized carbons (Fsp3) is 0.677. The topological polar surface area (TPSA) is 61.9 Å². The second-order valence-electron chi connectivity index (χ2n) is 11.3. The van der Waals surface area contributed by atoms with Crippen molar-refractivity contribution < 1.29 is 14.3 Å². The number of aryl methyl sites for hydroxylation is 1. The number of hydrogen-bond donors (Lipinski definition) is 1. The van der Waals surface area contributed by atoms with Crippen LogP contribution in [0.1, 0.15) is 97.1 Å². The first-order valence-electron chi connectivity index (χ1n) is 14.3. The lowest BCUT2D eigenvalue weighted by Crippen LogP contribution is -2.52. The molecule has 3 unspecified atom stereocenters. The molecule has 2 aliphatic heterocycles. The maximum absolute atomic E-state index is 12.0. The summed E-state index contributed by atoms with van der Waals surface area (Å²) >= 11 is 0. The van der Waals surface area contributed by atoms with Crippen molar-refractivity contribution in [3.8, 4) is 0 Å². The average Bonchev–Trinajstić information content (AvgIpc) is 3.35. The van der Waals surface area contributed by atoms with Gasteiger partial charge in [0.05, 0.1) is 0 Å². The molecule has 1 saturated carbocycles. The minimum atomic E-state index is -0.395. The molecule has 2 amide bonds. The summed E-state index contributed by atoms with van der Waals surface area (Å²) in [6.07, 6.45) is 6.69. The molecule has 3 aliphatic rings. The average molecular weight is 514 g/mol. The van der Waals surface area contributed by atoms with Crippen LogP contribution in [0, 0.1) is 12.8 Å². The molecule has 1 aromatic carbocycles. The molecule has 0 aromatic heterocycles. The molecule has 208 valence electrons. The summed E-state index contributed by atoms with van der Waals surface area (Å²) < 4.78 is 5.44. The molecule has 1 aromatic rings. The molecular formula is C31H51N3O3. The smallest absolute Gasteiger partial charge is 0.410 e. The second-order valence-corrected chi connectivity index (χ2v) is 11.3. The summed E-state index contributed by atoms with van der Waals surface area (Å²) in [5.74, 6) is 1.29. The van der Waals surface area contributed by atoms with E-state index >= 15 is 0 Å². The summed E-state index contributed by atoms with van der Waals surface area (Å²) in [5.41, 5.74) is 2.93. The highest BCUT2D eigenvalue weighted by Gasteiger charge is 2.32. The summed E-state index contributed by atoms with van der Waals surface area (Å²) in [4.78, 5) is 27.6. The lowest BCUT2D eigenvalue weighted by atomic mass is 9.88. The molecule has 3 atom stereocenters. The molecule has 1 N–H and O–H groups in total. The predicted molar refractivity (Wildman–Crippen MR) is 153 cm³/mol. The Morgan fingerprint density at radius 2 is 1.68 bits per heavy atom. The first-order valence-corrected chi connectivity index (χ1v) is 14.3. The van der Waals surface area contributed by atoms with E-state index in [2.05, 4.69) is 54.9 Å². The lowest BCUT2D eigenvalue weighted by Gasteiger charge is -2.38.